The highest BCUT2D eigenvalue weighted by Gasteiger charge is 2.35. The lowest BCUT2D eigenvalue weighted by Crippen LogP contribution is -2.40. The van der Waals surface area contributed by atoms with Crippen molar-refractivity contribution in [1.29, 1.82) is 0 Å². The molecule has 0 spiro atoms. The van der Waals surface area contributed by atoms with Gasteiger partial charge in [0.2, 0.25) is 0 Å². The average molecular weight is 291 g/mol. The molecule has 5 heteroatoms. The van der Waals surface area contributed by atoms with Crippen LogP contribution in [0.1, 0.15) is 42.5 Å². The van der Waals surface area contributed by atoms with Crippen molar-refractivity contribution in [3.05, 3.63) is 29.3 Å². The molecule has 1 saturated carbocycles. The van der Waals surface area contributed by atoms with E-state index in [9.17, 15) is 9.90 Å². The van der Waals surface area contributed by atoms with Gasteiger partial charge in [-0.3, -0.25) is 0 Å². The molecule has 1 aromatic carbocycles. The molecule has 3 rings (SSSR count). The zero-order valence-corrected chi connectivity index (χ0v) is 12.0. The summed E-state index contributed by atoms with van der Waals surface area (Å²) in [6, 6.07) is 5.40. The number of hydrogen-bond donors (Lipinski definition) is 1. The van der Waals surface area contributed by atoms with Gasteiger partial charge in [0, 0.05) is 0 Å². The molecule has 4 nitrogen and oxygen atoms in total. The minimum atomic E-state index is -0.688. The first-order valence-electron chi connectivity index (χ1n) is 6.90. The Labute approximate surface area is 121 Å². The Balaban J connectivity index is 1.80. The van der Waals surface area contributed by atoms with Gasteiger partial charge in [-0.15, -0.1) is 11.3 Å². The summed E-state index contributed by atoms with van der Waals surface area (Å²) in [6.45, 7) is -0.0995. The zero-order chi connectivity index (χ0) is 14.0. The molecule has 0 atom stereocenters. The van der Waals surface area contributed by atoms with Crippen LogP contribution in [-0.4, -0.2) is 28.3 Å². The van der Waals surface area contributed by atoms with Crippen LogP contribution in [0, 0.1) is 0 Å². The number of carbonyl (C=O) groups is 1. The zero-order valence-electron chi connectivity index (χ0n) is 11.2. The fraction of sp³-hybridized carbons (Fsp3) is 0.467. The fourth-order valence-corrected chi connectivity index (χ4v) is 3.39. The maximum atomic E-state index is 12.3. The number of esters is 1. The topological polar surface area (TPSA) is 59.4 Å². The molecule has 106 valence electrons. The molecule has 0 bridgehead atoms. The Morgan fingerprint density at radius 1 is 1.35 bits per heavy atom. The molecule has 0 amide bonds. The van der Waals surface area contributed by atoms with Crippen LogP contribution in [0.15, 0.2) is 23.7 Å². The summed E-state index contributed by atoms with van der Waals surface area (Å²) in [6.07, 6.45) is 4.63. The van der Waals surface area contributed by atoms with E-state index in [4.69, 9.17) is 4.74 Å². The van der Waals surface area contributed by atoms with Crippen LogP contribution in [0.25, 0.3) is 10.2 Å². The lowest BCUT2D eigenvalue weighted by molar-refractivity contribution is -0.0663. The number of hydrogen-bond acceptors (Lipinski definition) is 5. The number of ether oxygens (including phenoxy) is 1. The van der Waals surface area contributed by atoms with Crippen LogP contribution < -0.4 is 0 Å². The van der Waals surface area contributed by atoms with Gasteiger partial charge in [0.15, 0.2) is 0 Å². The number of carbonyl (C=O) groups excluding carboxylic acids is 1. The lowest BCUT2D eigenvalue weighted by Gasteiger charge is -2.35. The molecule has 1 fully saturated rings. The van der Waals surface area contributed by atoms with Gasteiger partial charge in [-0.25, -0.2) is 9.78 Å². The number of nitrogens with zero attached hydrogens (tertiary/aromatic N) is 1. The van der Waals surface area contributed by atoms with Crippen molar-refractivity contribution < 1.29 is 14.6 Å². The molecule has 1 aromatic heterocycles. The number of fused-ring (bicyclic) bond motifs is 1. The summed E-state index contributed by atoms with van der Waals surface area (Å²) in [7, 11) is 0. The van der Waals surface area contributed by atoms with Crippen LogP contribution in [0.5, 0.6) is 0 Å². The number of aromatic nitrogens is 1. The van der Waals surface area contributed by atoms with Crippen LogP contribution >= 0.6 is 11.3 Å². The molecular weight excluding hydrogens is 274 g/mol. The van der Waals surface area contributed by atoms with E-state index >= 15 is 0 Å². The van der Waals surface area contributed by atoms with Crippen molar-refractivity contribution in [3.8, 4) is 0 Å². The van der Waals surface area contributed by atoms with Crippen molar-refractivity contribution in [2.75, 3.05) is 6.61 Å². The predicted molar refractivity (Wildman–Crippen MR) is 77.9 cm³/mol. The molecule has 0 saturated heterocycles. The average Bonchev–Trinajstić information content (AvgIpc) is 2.95. The quantitative estimate of drug-likeness (QED) is 0.883. The van der Waals surface area contributed by atoms with Crippen molar-refractivity contribution in [1.82, 2.24) is 4.98 Å². The van der Waals surface area contributed by atoms with Crippen LogP contribution in [0.4, 0.5) is 0 Å². The summed E-state index contributed by atoms with van der Waals surface area (Å²) < 4.78 is 6.68. The molecule has 20 heavy (non-hydrogen) atoms. The van der Waals surface area contributed by atoms with Gasteiger partial charge in [-0.2, -0.15) is 0 Å². The Morgan fingerprint density at radius 3 is 2.90 bits per heavy atom. The van der Waals surface area contributed by atoms with E-state index < -0.39 is 5.60 Å². The third-order valence-corrected chi connectivity index (χ3v) is 4.74. The van der Waals surface area contributed by atoms with Gasteiger partial charge >= 0.3 is 5.97 Å². The van der Waals surface area contributed by atoms with Gasteiger partial charge in [0.05, 0.1) is 27.9 Å². The predicted octanol–water partition coefficient (Wildman–Crippen LogP) is 3.15. The standard InChI is InChI=1S/C15H17NO3S/c17-9-15(6-2-1-3-7-15)19-14(18)11-4-5-13-12(8-11)16-10-20-13/h4-5,8,10,17H,1-3,6-7,9H2. The summed E-state index contributed by atoms with van der Waals surface area (Å²) in [5.41, 5.74) is 2.38. The Bertz CT molecular complexity index is 616. The number of rotatable bonds is 3. The van der Waals surface area contributed by atoms with E-state index in [1.165, 1.54) is 0 Å². The summed E-state index contributed by atoms with van der Waals surface area (Å²) >= 11 is 1.54. The first-order valence-corrected chi connectivity index (χ1v) is 7.78. The second kappa shape index (κ2) is 5.50. The molecule has 0 unspecified atom stereocenters. The lowest BCUT2D eigenvalue weighted by atomic mass is 9.85. The van der Waals surface area contributed by atoms with Crippen LogP contribution in [-0.2, 0) is 4.74 Å². The monoisotopic (exact) mass is 291 g/mol. The number of aliphatic hydroxyl groups is 1. The van der Waals surface area contributed by atoms with Gasteiger partial charge < -0.3 is 9.84 Å². The van der Waals surface area contributed by atoms with Crippen LogP contribution in [0.2, 0.25) is 0 Å². The van der Waals surface area contributed by atoms with Gasteiger partial charge in [0.1, 0.15) is 5.60 Å². The van der Waals surface area contributed by atoms with Gasteiger partial charge in [-0.1, -0.05) is 6.42 Å². The van der Waals surface area contributed by atoms with Crippen molar-refractivity contribution in [3.63, 3.8) is 0 Å². The third kappa shape index (κ3) is 2.55. The van der Waals surface area contributed by atoms with E-state index in [1.54, 1.807) is 29.0 Å². The Morgan fingerprint density at radius 2 is 2.15 bits per heavy atom. The first-order chi connectivity index (χ1) is 9.72. The maximum Gasteiger partial charge on any atom is 0.338 e. The minimum Gasteiger partial charge on any atom is -0.453 e. The van der Waals surface area contributed by atoms with E-state index in [-0.39, 0.29) is 12.6 Å². The minimum absolute atomic E-state index is 0.0995. The Hall–Kier alpha value is -1.46. The number of aliphatic hydroxyl groups excluding tert-OH is 1. The van der Waals surface area contributed by atoms with Crippen molar-refractivity contribution in [2.24, 2.45) is 0 Å². The maximum absolute atomic E-state index is 12.3. The smallest absolute Gasteiger partial charge is 0.338 e. The second-order valence-corrected chi connectivity index (χ2v) is 6.21. The largest absolute Gasteiger partial charge is 0.453 e. The van der Waals surface area contributed by atoms with E-state index in [2.05, 4.69) is 4.98 Å². The number of benzene rings is 1. The van der Waals surface area contributed by atoms with Gasteiger partial charge in [0.25, 0.3) is 0 Å². The van der Waals surface area contributed by atoms with E-state index in [0.717, 1.165) is 42.3 Å². The molecule has 2 aromatic rings. The highest BCUT2D eigenvalue weighted by atomic mass is 32.1. The van der Waals surface area contributed by atoms with Gasteiger partial charge in [-0.05, 0) is 43.9 Å². The van der Waals surface area contributed by atoms with Crippen LogP contribution in [0.3, 0.4) is 0 Å². The van der Waals surface area contributed by atoms with Crippen molar-refractivity contribution >= 4 is 27.5 Å². The highest BCUT2D eigenvalue weighted by Crippen LogP contribution is 2.32. The molecule has 0 radical (unpaired) electrons. The summed E-state index contributed by atoms with van der Waals surface area (Å²) in [5, 5.41) is 9.59. The fourth-order valence-electron chi connectivity index (χ4n) is 2.73. The van der Waals surface area contributed by atoms with E-state index in [1.807, 2.05) is 6.07 Å². The number of thiazole rings is 1. The second-order valence-electron chi connectivity index (χ2n) is 5.33. The highest BCUT2D eigenvalue weighted by molar-refractivity contribution is 7.16. The SMILES string of the molecule is O=C(OC1(CO)CCCCC1)c1ccc2scnc2c1. The first kappa shape index (κ1) is 13.5. The Kier molecular flexibility index (Phi) is 3.72. The molecule has 1 aliphatic rings. The molecule has 0 aliphatic heterocycles. The molecule has 1 aliphatic carbocycles. The molecular formula is C15H17NO3S. The van der Waals surface area contributed by atoms with E-state index in [0.29, 0.717) is 5.56 Å². The summed E-state index contributed by atoms with van der Waals surface area (Å²) in [5.74, 6) is -0.365. The van der Waals surface area contributed by atoms with Crippen molar-refractivity contribution in [2.45, 2.75) is 37.7 Å². The summed E-state index contributed by atoms with van der Waals surface area (Å²) in [4.78, 5) is 16.5. The third-order valence-electron chi connectivity index (χ3n) is 3.93. The molecule has 1 heterocycles. The molecule has 1 N–H and O–H groups in total. The normalized spacial score (nSPS) is 18.1.